The second-order valence-electron chi connectivity index (χ2n) is 5.57. The number of benzene rings is 2. The largest absolute Gasteiger partial charge is 0.497 e. The summed E-state index contributed by atoms with van der Waals surface area (Å²) in [5.74, 6) is -1.05. The van der Waals surface area contributed by atoms with Gasteiger partial charge in [-0.3, -0.25) is 0 Å². The summed E-state index contributed by atoms with van der Waals surface area (Å²) < 4.78 is 5.14. The van der Waals surface area contributed by atoms with Crippen LogP contribution in [0.2, 0.25) is 0 Å². The summed E-state index contributed by atoms with van der Waals surface area (Å²) in [6.45, 7) is 2.09. The third-order valence-corrected chi connectivity index (χ3v) is 3.49. The number of hydrogen-bond donors (Lipinski definition) is 2. The van der Waals surface area contributed by atoms with Crippen LogP contribution in [-0.2, 0) is 16.0 Å². The summed E-state index contributed by atoms with van der Waals surface area (Å²) in [4.78, 5) is 20.5. The van der Waals surface area contributed by atoms with E-state index in [0.29, 0.717) is 0 Å². The van der Waals surface area contributed by atoms with Crippen LogP contribution >= 0.6 is 0 Å². The summed E-state index contributed by atoms with van der Waals surface area (Å²) in [5.41, 5.74) is 2.94. The third-order valence-electron chi connectivity index (χ3n) is 3.49. The molecule has 0 bridgehead atoms. The van der Waals surface area contributed by atoms with Gasteiger partial charge in [-0.05, 0) is 47.4 Å². The number of hydrogen-bond acceptors (Lipinski definition) is 3. The van der Waals surface area contributed by atoms with Crippen molar-refractivity contribution in [3.8, 4) is 5.75 Å². The Kier molecular flexibility index (Phi) is 9.71. The maximum absolute atomic E-state index is 10.5. The van der Waals surface area contributed by atoms with Crippen LogP contribution in [0.25, 0.3) is 12.2 Å². The molecule has 0 heterocycles. The van der Waals surface area contributed by atoms with Crippen LogP contribution in [0.4, 0.5) is 0 Å². The molecule has 5 nitrogen and oxygen atoms in total. The molecule has 0 aliphatic carbocycles. The molecule has 0 amide bonds. The fourth-order valence-electron chi connectivity index (χ4n) is 2.25. The molecule has 142 valence electrons. The molecule has 0 fully saturated rings. The number of carboxylic acids is 2. The number of rotatable bonds is 7. The Morgan fingerprint density at radius 2 is 1.59 bits per heavy atom. The SMILES string of the molecule is CCCc1cc(OC)ccc1/C=C/C(=O)O.O=C(O)/C=C/c1ccccc1. The molecule has 0 unspecified atom stereocenters. The van der Waals surface area contributed by atoms with Gasteiger partial charge in [0.25, 0.3) is 0 Å². The van der Waals surface area contributed by atoms with Gasteiger partial charge in [-0.2, -0.15) is 0 Å². The van der Waals surface area contributed by atoms with E-state index in [1.807, 2.05) is 48.5 Å². The first kappa shape index (κ1) is 21.7. The molecule has 0 aliphatic rings. The van der Waals surface area contributed by atoms with Crippen molar-refractivity contribution < 1.29 is 24.5 Å². The number of aliphatic carboxylic acids is 2. The summed E-state index contributed by atoms with van der Waals surface area (Å²) >= 11 is 0. The molecule has 2 rings (SSSR count). The zero-order valence-electron chi connectivity index (χ0n) is 15.5. The fraction of sp³-hybridized carbons (Fsp3) is 0.182. The first-order valence-electron chi connectivity index (χ1n) is 8.50. The van der Waals surface area contributed by atoms with E-state index in [-0.39, 0.29) is 0 Å². The van der Waals surface area contributed by atoms with Gasteiger partial charge in [0.2, 0.25) is 0 Å². The highest BCUT2D eigenvalue weighted by atomic mass is 16.5. The Hall–Kier alpha value is -3.34. The number of carboxylic acid groups (broad SMARTS) is 2. The van der Waals surface area contributed by atoms with Crippen molar-refractivity contribution >= 4 is 24.1 Å². The fourth-order valence-corrected chi connectivity index (χ4v) is 2.25. The van der Waals surface area contributed by atoms with Crippen molar-refractivity contribution in [1.82, 2.24) is 0 Å². The predicted molar refractivity (Wildman–Crippen MR) is 107 cm³/mol. The molecule has 27 heavy (non-hydrogen) atoms. The van der Waals surface area contributed by atoms with E-state index in [1.165, 1.54) is 0 Å². The van der Waals surface area contributed by atoms with Crippen molar-refractivity contribution in [3.05, 3.63) is 77.4 Å². The minimum Gasteiger partial charge on any atom is -0.497 e. The van der Waals surface area contributed by atoms with Gasteiger partial charge in [-0.15, -0.1) is 0 Å². The monoisotopic (exact) mass is 368 g/mol. The number of aryl methyl sites for hydroxylation is 1. The van der Waals surface area contributed by atoms with Gasteiger partial charge in [-0.25, -0.2) is 9.59 Å². The Morgan fingerprint density at radius 3 is 2.15 bits per heavy atom. The quantitative estimate of drug-likeness (QED) is 0.702. The lowest BCUT2D eigenvalue weighted by atomic mass is 10.0. The molecule has 5 heteroatoms. The average Bonchev–Trinajstić information content (AvgIpc) is 2.66. The van der Waals surface area contributed by atoms with Gasteiger partial charge in [0.05, 0.1) is 7.11 Å². The highest BCUT2D eigenvalue weighted by Gasteiger charge is 2.01. The molecule has 0 radical (unpaired) electrons. The van der Waals surface area contributed by atoms with Gasteiger partial charge < -0.3 is 14.9 Å². The van der Waals surface area contributed by atoms with E-state index in [2.05, 4.69) is 6.92 Å². The molecule has 2 aromatic carbocycles. The van der Waals surface area contributed by atoms with E-state index in [4.69, 9.17) is 14.9 Å². The Labute approximate surface area is 159 Å². The van der Waals surface area contributed by atoms with Crippen molar-refractivity contribution in [2.45, 2.75) is 19.8 Å². The van der Waals surface area contributed by atoms with Crippen molar-refractivity contribution in [1.29, 1.82) is 0 Å². The molecule has 0 saturated carbocycles. The molecule has 0 aromatic heterocycles. The van der Waals surface area contributed by atoms with E-state index in [1.54, 1.807) is 19.3 Å². The minimum absolute atomic E-state index is 0.802. The van der Waals surface area contributed by atoms with Gasteiger partial charge in [0.1, 0.15) is 5.75 Å². The summed E-state index contributed by atoms with van der Waals surface area (Å²) in [6, 6.07) is 15.0. The van der Waals surface area contributed by atoms with Crippen LogP contribution < -0.4 is 4.74 Å². The van der Waals surface area contributed by atoms with Gasteiger partial charge in [0, 0.05) is 12.2 Å². The van der Waals surface area contributed by atoms with E-state index in [0.717, 1.165) is 47.4 Å². The summed E-state index contributed by atoms with van der Waals surface area (Å²) in [7, 11) is 1.62. The van der Waals surface area contributed by atoms with Crippen molar-refractivity contribution in [3.63, 3.8) is 0 Å². The normalized spacial score (nSPS) is 10.4. The first-order valence-corrected chi connectivity index (χ1v) is 8.50. The lowest BCUT2D eigenvalue weighted by Gasteiger charge is -2.07. The van der Waals surface area contributed by atoms with Crippen LogP contribution in [0.5, 0.6) is 5.75 Å². The van der Waals surface area contributed by atoms with Crippen molar-refractivity contribution in [2.24, 2.45) is 0 Å². The molecule has 0 saturated heterocycles. The zero-order valence-corrected chi connectivity index (χ0v) is 15.5. The van der Waals surface area contributed by atoms with Crippen LogP contribution in [0.1, 0.15) is 30.0 Å². The maximum Gasteiger partial charge on any atom is 0.328 e. The predicted octanol–water partition coefficient (Wildman–Crippen LogP) is 4.53. The lowest BCUT2D eigenvalue weighted by Crippen LogP contribution is -1.92. The zero-order chi connectivity index (χ0) is 20.1. The first-order chi connectivity index (χ1) is 13.0. The molecular weight excluding hydrogens is 344 g/mol. The van der Waals surface area contributed by atoms with E-state index in [9.17, 15) is 9.59 Å². The molecule has 0 aliphatic heterocycles. The molecule has 2 aromatic rings. The molecule has 0 spiro atoms. The van der Waals surface area contributed by atoms with Gasteiger partial charge in [0.15, 0.2) is 0 Å². The molecule has 0 atom stereocenters. The summed E-state index contributed by atoms with van der Waals surface area (Å²) in [5, 5.41) is 16.9. The van der Waals surface area contributed by atoms with Crippen LogP contribution in [0.15, 0.2) is 60.7 Å². The number of ether oxygens (including phenoxy) is 1. The minimum atomic E-state index is -0.932. The van der Waals surface area contributed by atoms with Crippen LogP contribution in [-0.4, -0.2) is 29.3 Å². The Bertz CT molecular complexity index is 792. The van der Waals surface area contributed by atoms with E-state index >= 15 is 0 Å². The Morgan fingerprint density at radius 1 is 0.963 bits per heavy atom. The second kappa shape index (κ2) is 12.1. The third kappa shape index (κ3) is 9.07. The Balaban J connectivity index is 0.000000289. The average molecular weight is 368 g/mol. The highest BCUT2D eigenvalue weighted by Crippen LogP contribution is 2.20. The smallest absolute Gasteiger partial charge is 0.328 e. The van der Waals surface area contributed by atoms with Gasteiger partial charge >= 0.3 is 11.9 Å². The summed E-state index contributed by atoms with van der Waals surface area (Å²) in [6.07, 6.45) is 7.38. The van der Waals surface area contributed by atoms with Crippen LogP contribution in [0, 0.1) is 0 Å². The highest BCUT2D eigenvalue weighted by molar-refractivity contribution is 5.86. The van der Waals surface area contributed by atoms with Crippen LogP contribution in [0.3, 0.4) is 0 Å². The topological polar surface area (TPSA) is 83.8 Å². The second-order valence-corrected chi connectivity index (χ2v) is 5.57. The lowest BCUT2D eigenvalue weighted by molar-refractivity contribution is -0.132. The molecular formula is C22H24O5. The number of methoxy groups -OCH3 is 1. The standard InChI is InChI=1S/C13H16O3.C9H8O2/c1-3-4-11-9-12(16-2)7-5-10(11)6-8-13(14)15;10-9(11)7-6-8-4-2-1-3-5-8/h5-9H,3-4H2,1-2H3,(H,14,15);1-7H,(H,10,11)/b8-6+;7-6+. The molecule has 2 N–H and O–H groups in total. The van der Waals surface area contributed by atoms with Gasteiger partial charge in [-0.1, -0.05) is 49.7 Å². The van der Waals surface area contributed by atoms with Crippen molar-refractivity contribution in [2.75, 3.05) is 7.11 Å². The van der Waals surface area contributed by atoms with E-state index < -0.39 is 11.9 Å². The number of carbonyl (C=O) groups is 2. The maximum atomic E-state index is 10.5.